The van der Waals surface area contributed by atoms with Gasteiger partial charge in [-0.15, -0.1) is 0 Å². The highest BCUT2D eigenvalue weighted by atomic mass is 35.5. The minimum atomic E-state index is -0.515. The van der Waals surface area contributed by atoms with E-state index in [0.29, 0.717) is 12.3 Å². The van der Waals surface area contributed by atoms with Crippen molar-refractivity contribution in [2.24, 2.45) is 11.8 Å². The van der Waals surface area contributed by atoms with E-state index in [0.717, 1.165) is 18.4 Å². The van der Waals surface area contributed by atoms with E-state index in [4.69, 9.17) is 23.2 Å². The third-order valence-corrected chi connectivity index (χ3v) is 3.07. The van der Waals surface area contributed by atoms with Crippen molar-refractivity contribution in [3.63, 3.8) is 0 Å². The first-order valence-electron chi connectivity index (χ1n) is 5.91. The van der Waals surface area contributed by atoms with Crippen molar-refractivity contribution in [1.29, 1.82) is 0 Å². The van der Waals surface area contributed by atoms with Gasteiger partial charge in [-0.05, 0) is 48.9 Å². The van der Waals surface area contributed by atoms with Gasteiger partial charge in [-0.25, -0.2) is 0 Å². The summed E-state index contributed by atoms with van der Waals surface area (Å²) in [5.74, 6) is -0.00970. The Labute approximate surface area is 113 Å². The predicted octanol–water partition coefficient (Wildman–Crippen LogP) is 4.30. The molecule has 2 nitrogen and oxygen atoms in total. The molecule has 0 saturated heterocycles. The van der Waals surface area contributed by atoms with Crippen molar-refractivity contribution >= 4 is 33.7 Å². The number of hydrogen-bond acceptors (Lipinski definition) is 2. The summed E-state index contributed by atoms with van der Waals surface area (Å²) in [6.45, 7) is 6.23. The van der Waals surface area contributed by atoms with Crippen LogP contribution in [0, 0.1) is 11.8 Å². The average molecular weight is 279 g/mol. The molecule has 0 aromatic carbocycles. The lowest BCUT2D eigenvalue weighted by Gasteiger charge is -2.12. The second-order valence-electron chi connectivity index (χ2n) is 4.54. The van der Waals surface area contributed by atoms with Gasteiger partial charge < -0.3 is 0 Å². The zero-order valence-electron chi connectivity index (χ0n) is 10.6. The lowest BCUT2D eigenvalue weighted by atomic mass is 9.95. The number of halogens is 2. The second kappa shape index (κ2) is 8.71. The number of hydrogen-bond donors (Lipinski definition) is 0. The first-order valence-corrected chi connectivity index (χ1v) is 6.67. The Balaban J connectivity index is 4.43. The van der Waals surface area contributed by atoms with Crippen LogP contribution >= 0.6 is 23.2 Å². The van der Waals surface area contributed by atoms with Crippen molar-refractivity contribution in [3.05, 3.63) is 11.6 Å². The average Bonchev–Trinajstić information content (AvgIpc) is 2.15. The molecule has 0 saturated carbocycles. The fourth-order valence-electron chi connectivity index (χ4n) is 1.91. The minimum Gasteiger partial charge on any atom is -0.281 e. The molecule has 17 heavy (non-hydrogen) atoms. The number of rotatable bonds is 8. The molecule has 98 valence electrons. The fraction of sp³-hybridized carbons (Fsp3) is 0.692. The summed E-state index contributed by atoms with van der Waals surface area (Å²) >= 11 is 10.7. The maximum atomic E-state index is 11.2. The lowest BCUT2D eigenvalue weighted by molar-refractivity contribution is -0.119. The fourth-order valence-corrected chi connectivity index (χ4v) is 2.25. The highest BCUT2D eigenvalue weighted by Gasteiger charge is 2.19. The third kappa shape index (κ3) is 8.39. The molecule has 0 bridgehead atoms. The zero-order chi connectivity index (χ0) is 13.4. The van der Waals surface area contributed by atoms with Crippen LogP contribution in [0.3, 0.4) is 0 Å². The standard InChI is InChI=1S/C13H20Cl2O2/c1-4-5-9(2)6-10(3)7-11(13(15)17)8-12(14)16/h6,9,11H,4-5,7-8H2,1-3H3. The molecule has 0 amide bonds. The summed E-state index contributed by atoms with van der Waals surface area (Å²) < 4.78 is 0. The number of carbonyl (C=O) groups is 2. The summed E-state index contributed by atoms with van der Waals surface area (Å²) in [6.07, 6.45) is 4.90. The van der Waals surface area contributed by atoms with Crippen molar-refractivity contribution in [1.82, 2.24) is 0 Å². The lowest BCUT2D eigenvalue weighted by Crippen LogP contribution is -2.12. The molecule has 4 heteroatoms. The third-order valence-electron chi connectivity index (χ3n) is 2.61. The first kappa shape index (κ1) is 16.7. The van der Waals surface area contributed by atoms with Crippen LogP contribution in [-0.4, -0.2) is 10.5 Å². The Morgan fingerprint density at radius 2 is 1.82 bits per heavy atom. The van der Waals surface area contributed by atoms with Crippen LogP contribution < -0.4 is 0 Å². The molecule has 0 spiro atoms. The Hall–Kier alpha value is -0.340. The van der Waals surface area contributed by atoms with Gasteiger partial charge in [0.2, 0.25) is 10.5 Å². The smallest absolute Gasteiger partial charge is 0.225 e. The van der Waals surface area contributed by atoms with E-state index >= 15 is 0 Å². The molecule has 0 aromatic heterocycles. The largest absolute Gasteiger partial charge is 0.281 e. The maximum absolute atomic E-state index is 11.2. The summed E-state index contributed by atoms with van der Waals surface area (Å²) in [4.78, 5) is 22.0. The van der Waals surface area contributed by atoms with Gasteiger partial charge in [-0.2, -0.15) is 0 Å². The van der Waals surface area contributed by atoms with Crippen molar-refractivity contribution in [3.8, 4) is 0 Å². The monoisotopic (exact) mass is 278 g/mol. The van der Waals surface area contributed by atoms with Crippen LogP contribution in [0.4, 0.5) is 0 Å². The maximum Gasteiger partial charge on any atom is 0.225 e. The predicted molar refractivity (Wildman–Crippen MR) is 72.3 cm³/mol. The highest BCUT2D eigenvalue weighted by Crippen LogP contribution is 2.21. The molecule has 2 unspecified atom stereocenters. The molecule has 0 rings (SSSR count). The van der Waals surface area contributed by atoms with Crippen molar-refractivity contribution in [2.45, 2.75) is 46.5 Å². The van der Waals surface area contributed by atoms with Crippen LogP contribution in [0.25, 0.3) is 0 Å². The summed E-state index contributed by atoms with van der Waals surface area (Å²) in [7, 11) is 0. The van der Waals surface area contributed by atoms with E-state index in [-0.39, 0.29) is 6.42 Å². The van der Waals surface area contributed by atoms with E-state index in [1.54, 1.807) is 0 Å². The Kier molecular flexibility index (Phi) is 8.53. The van der Waals surface area contributed by atoms with Crippen LogP contribution in [0.15, 0.2) is 11.6 Å². The summed E-state index contributed by atoms with van der Waals surface area (Å²) in [6, 6.07) is 0. The van der Waals surface area contributed by atoms with Crippen LogP contribution in [-0.2, 0) is 9.59 Å². The zero-order valence-corrected chi connectivity index (χ0v) is 12.1. The molecule has 0 aliphatic rings. The van der Waals surface area contributed by atoms with Gasteiger partial charge in [0.05, 0.1) is 0 Å². The minimum absolute atomic E-state index is 0.0111. The quantitative estimate of drug-likeness (QED) is 0.490. The van der Waals surface area contributed by atoms with Gasteiger partial charge in [0.15, 0.2) is 0 Å². The van der Waals surface area contributed by atoms with E-state index in [9.17, 15) is 9.59 Å². The molecule has 0 fully saturated rings. The second-order valence-corrected chi connectivity index (χ2v) is 5.34. The molecule has 2 atom stereocenters. The van der Waals surface area contributed by atoms with Gasteiger partial charge in [0.25, 0.3) is 0 Å². The van der Waals surface area contributed by atoms with Crippen LogP contribution in [0.1, 0.15) is 46.5 Å². The molecular weight excluding hydrogens is 259 g/mol. The van der Waals surface area contributed by atoms with Crippen LogP contribution in [0.2, 0.25) is 0 Å². The van der Waals surface area contributed by atoms with Gasteiger partial charge in [-0.3, -0.25) is 9.59 Å². The van der Waals surface area contributed by atoms with E-state index < -0.39 is 16.4 Å². The molecule has 0 N–H and O–H groups in total. The summed E-state index contributed by atoms with van der Waals surface area (Å²) in [5, 5.41) is -1.01. The normalized spacial score (nSPS) is 15.5. The van der Waals surface area contributed by atoms with E-state index in [1.807, 2.05) is 6.92 Å². The van der Waals surface area contributed by atoms with Gasteiger partial charge in [0, 0.05) is 12.3 Å². The molecule has 0 aromatic rings. The van der Waals surface area contributed by atoms with Crippen molar-refractivity contribution < 1.29 is 9.59 Å². The highest BCUT2D eigenvalue weighted by molar-refractivity contribution is 6.66. The van der Waals surface area contributed by atoms with Gasteiger partial charge >= 0.3 is 0 Å². The molecule has 0 aliphatic carbocycles. The molecular formula is C13H20Cl2O2. The Bertz CT molecular complexity index is 298. The Morgan fingerprint density at radius 3 is 2.24 bits per heavy atom. The van der Waals surface area contributed by atoms with Crippen molar-refractivity contribution in [2.75, 3.05) is 0 Å². The molecule has 0 aliphatic heterocycles. The van der Waals surface area contributed by atoms with Gasteiger partial charge in [-0.1, -0.05) is 31.9 Å². The first-order chi connectivity index (χ1) is 7.86. The number of carbonyl (C=O) groups excluding carboxylic acids is 2. The number of allylic oxidation sites excluding steroid dienone is 2. The van der Waals surface area contributed by atoms with Gasteiger partial charge in [0.1, 0.15) is 0 Å². The summed E-state index contributed by atoms with van der Waals surface area (Å²) in [5.41, 5.74) is 1.09. The SMILES string of the molecule is CCCC(C)C=C(C)CC(CC(=O)Cl)C(=O)Cl. The Morgan fingerprint density at radius 1 is 1.24 bits per heavy atom. The molecule has 0 heterocycles. The topological polar surface area (TPSA) is 34.1 Å². The molecule has 0 radical (unpaired) electrons. The van der Waals surface area contributed by atoms with E-state index in [2.05, 4.69) is 19.9 Å². The van der Waals surface area contributed by atoms with E-state index in [1.165, 1.54) is 0 Å². The van der Waals surface area contributed by atoms with Crippen LogP contribution in [0.5, 0.6) is 0 Å².